The number of nitrogens with zero attached hydrogens (tertiary/aromatic N) is 4. The number of carbonyl (C=O) groups excluding carboxylic acids is 3. The number of halogens is 2. The van der Waals surface area contributed by atoms with Gasteiger partial charge in [-0.1, -0.05) is 36.1 Å². The lowest BCUT2D eigenvalue weighted by molar-refractivity contribution is -0.120. The van der Waals surface area contributed by atoms with Crippen LogP contribution in [0, 0.1) is 23.5 Å². The molecule has 0 aliphatic carbocycles. The van der Waals surface area contributed by atoms with Crippen molar-refractivity contribution in [2.24, 2.45) is 0 Å². The SMILES string of the molecule is CN(CCN(C(=O)N(C)c1c(F)cc(C#Cc2ccccc2)cc1F)C(C)(C=O)CC=O)c1ccccn1. The summed E-state index contributed by atoms with van der Waals surface area (Å²) in [5.41, 5.74) is -1.35. The number of urea groups is 1. The van der Waals surface area contributed by atoms with E-state index in [9.17, 15) is 14.4 Å². The predicted molar refractivity (Wildman–Crippen MR) is 142 cm³/mol. The van der Waals surface area contributed by atoms with Crippen LogP contribution in [0.5, 0.6) is 0 Å². The smallest absolute Gasteiger partial charge is 0.325 e. The molecule has 38 heavy (non-hydrogen) atoms. The average Bonchev–Trinajstić information content (AvgIpc) is 2.92. The molecule has 0 radical (unpaired) electrons. The number of benzene rings is 2. The third kappa shape index (κ3) is 6.59. The third-order valence-electron chi connectivity index (χ3n) is 6.06. The molecule has 1 atom stereocenters. The van der Waals surface area contributed by atoms with Crippen LogP contribution in [0.1, 0.15) is 24.5 Å². The van der Waals surface area contributed by atoms with Crippen LogP contribution in [-0.2, 0) is 9.59 Å². The van der Waals surface area contributed by atoms with Crippen molar-refractivity contribution in [3.63, 3.8) is 0 Å². The van der Waals surface area contributed by atoms with E-state index in [1.165, 1.54) is 14.0 Å². The number of likely N-dealkylation sites (N-methyl/N-ethyl adjacent to an activating group) is 1. The maximum atomic E-state index is 15.1. The summed E-state index contributed by atoms with van der Waals surface area (Å²) in [6.07, 6.45) is 2.34. The first kappa shape index (κ1) is 28.0. The van der Waals surface area contributed by atoms with Crippen molar-refractivity contribution >= 4 is 30.1 Å². The molecule has 196 valence electrons. The summed E-state index contributed by atoms with van der Waals surface area (Å²) in [6.45, 7) is 1.64. The molecule has 1 heterocycles. The van der Waals surface area contributed by atoms with Crippen LogP contribution >= 0.6 is 0 Å². The fourth-order valence-corrected chi connectivity index (χ4v) is 3.80. The summed E-state index contributed by atoms with van der Waals surface area (Å²) < 4.78 is 30.2. The number of amides is 2. The molecule has 0 fully saturated rings. The normalized spacial score (nSPS) is 11.9. The predicted octanol–water partition coefficient (Wildman–Crippen LogP) is 4.30. The molecular formula is C29H28F2N4O3. The molecule has 0 saturated carbocycles. The van der Waals surface area contributed by atoms with E-state index in [4.69, 9.17) is 0 Å². The highest BCUT2D eigenvalue weighted by molar-refractivity contribution is 5.94. The molecule has 3 rings (SSSR count). The lowest BCUT2D eigenvalue weighted by atomic mass is 9.98. The second kappa shape index (κ2) is 12.6. The Labute approximate surface area is 220 Å². The average molecular weight is 519 g/mol. The van der Waals surface area contributed by atoms with Gasteiger partial charge in [-0.15, -0.1) is 0 Å². The van der Waals surface area contributed by atoms with Gasteiger partial charge in [0.15, 0.2) is 11.6 Å². The number of aldehydes is 2. The molecular weight excluding hydrogens is 490 g/mol. The second-order valence-electron chi connectivity index (χ2n) is 8.85. The van der Waals surface area contributed by atoms with Crippen LogP contribution in [0.2, 0.25) is 0 Å². The van der Waals surface area contributed by atoms with Crippen LogP contribution in [0.4, 0.5) is 25.1 Å². The molecule has 7 nitrogen and oxygen atoms in total. The lowest BCUT2D eigenvalue weighted by Crippen LogP contribution is -2.57. The molecule has 2 aromatic carbocycles. The summed E-state index contributed by atoms with van der Waals surface area (Å²) in [7, 11) is 2.96. The Bertz CT molecular complexity index is 1320. The fraction of sp³-hybridized carbons (Fsp3) is 0.241. The van der Waals surface area contributed by atoms with Gasteiger partial charge in [0.2, 0.25) is 0 Å². The van der Waals surface area contributed by atoms with Crippen molar-refractivity contribution in [3.05, 3.63) is 89.6 Å². The highest BCUT2D eigenvalue weighted by Gasteiger charge is 2.38. The van der Waals surface area contributed by atoms with Crippen molar-refractivity contribution in [2.45, 2.75) is 18.9 Å². The van der Waals surface area contributed by atoms with E-state index >= 15 is 8.78 Å². The van der Waals surface area contributed by atoms with E-state index in [0.29, 0.717) is 24.0 Å². The largest absolute Gasteiger partial charge is 0.358 e. The zero-order valence-electron chi connectivity index (χ0n) is 21.4. The summed E-state index contributed by atoms with van der Waals surface area (Å²) in [5.74, 6) is 4.19. The number of carbonyl (C=O) groups is 3. The number of pyridine rings is 1. The van der Waals surface area contributed by atoms with Crippen LogP contribution < -0.4 is 9.80 Å². The van der Waals surface area contributed by atoms with E-state index in [-0.39, 0.29) is 25.1 Å². The lowest BCUT2D eigenvalue weighted by Gasteiger charge is -2.39. The van der Waals surface area contributed by atoms with Crippen LogP contribution in [0.3, 0.4) is 0 Å². The van der Waals surface area contributed by atoms with Crippen molar-refractivity contribution in [2.75, 3.05) is 37.0 Å². The molecule has 1 unspecified atom stereocenters. The maximum Gasteiger partial charge on any atom is 0.325 e. The standard InChI is InChI=1S/C29H28F2N4O3/c1-29(21-37,14-18-36)35(17-16-33(2)26-11-7-8-15-32-26)28(38)34(3)27-24(30)19-23(20-25(27)31)13-12-22-9-5-4-6-10-22/h4-11,15,18-21H,14,16-17H2,1-3H3. The zero-order valence-corrected chi connectivity index (χ0v) is 21.4. The highest BCUT2D eigenvalue weighted by atomic mass is 19.1. The van der Waals surface area contributed by atoms with Crippen LogP contribution in [0.25, 0.3) is 0 Å². The minimum atomic E-state index is -1.54. The van der Waals surface area contributed by atoms with Gasteiger partial charge >= 0.3 is 6.03 Å². The molecule has 9 heteroatoms. The quantitative estimate of drug-likeness (QED) is 0.312. The Kier molecular flexibility index (Phi) is 9.28. The zero-order chi connectivity index (χ0) is 27.7. The topological polar surface area (TPSA) is 73.8 Å². The molecule has 1 aromatic heterocycles. The monoisotopic (exact) mass is 518 g/mol. The van der Waals surface area contributed by atoms with Gasteiger partial charge in [0.05, 0.1) is 0 Å². The Morgan fingerprint density at radius 1 is 0.947 bits per heavy atom. The van der Waals surface area contributed by atoms with Gasteiger partial charge in [-0.3, -0.25) is 4.90 Å². The summed E-state index contributed by atoms with van der Waals surface area (Å²) in [5, 5.41) is 0. The van der Waals surface area contributed by atoms with Gasteiger partial charge in [-0.25, -0.2) is 18.6 Å². The first-order valence-corrected chi connectivity index (χ1v) is 11.8. The Morgan fingerprint density at radius 3 is 2.16 bits per heavy atom. The minimum Gasteiger partial charge on any atom is -0.358 e. The molecule has 0 saturated heterocycles. The molecule has 0 bridgehead atoms. The van der Waals surface area contributed by atoms with Gasteiger partial charge in [0, 0.05) is 50.9 Å². The maximum absolute atomic E-state index is 15.1. The van der Waals surface area contributed by atoms with Gasteiger partial charge in [0.1, 0.15) is 29.6 Å². The Hall–Kier alpha value is -4.58. The number of hydrogen-bond donors (Lipinski definition) is 0. The van der Waals surface area contributed by atoms with E-state index in [2.05, 4.69) is 16.8 Å². The fourth-order valence-electron chi connectivity index (χ4n) is 3.80. The second-order valence-corrected chi connectivity index (χ2v) is 8.85. The van der Waals surface area contributed by atoms with Gasteiger partial charge < -0.3 is 19.4 Å². The van der Waals surface area contributed by atoms with Gasteiger partial charge in [-0.05, 0) is 43.3 Å². The van der Waals surface area contributed by atoms with Gasteiger partial charge in [-0.2, -0.15) is 0 Å². The molecule has 2 amide bonds. The van der Waals surface area contributed by atoms with Gasteiger partial charge in [0.25, 0.3) is 0 Å². The van der Waals surface area contributed by atoms with Crippen molar-refractivity contribution in [1.82, 2.24) is 9.88 Å². The summed E-state index contributed by atoms with van der Waals surface area (Å²) in [6, 6.07) is 15.5. The molecule has 0 spiro atoms. The van der Waals surface area contributed by atoms with Crippen LogP contribution in [0.15, 0.2) is 66.9 Å². The molecule has 0 N–H and O–H groups in total. The number of aromatic nitrogens is 1. The number of hydrogen-bond acceptors (Lipinski definition) is 5. The molecule has 3 aromatic rings. The Balaban J connectivity index is 1.89. The van der Waals surface area contributed by atoms with Crippen molar-refractivity contribution in [1.29, 1.82) is 0 Å². The Morgan fingerprint density at radius 2 is 1.58 bits per heavy atom. The first-order chi connectivity index (χ1) is 18.2. The third-order valence-corrected chi connectivity index (χ3v) is 6.06. The minimum absolute atomic E-state index is 0.0246. The van der Waals surface area contributed by atoms with E-state index in [0.717, 1.165) is 21.9 Å². The van der Waals surface area contributed by atoms with Crippen molar-refractivity contribution in [3.8, 4) is 11.8 Å². The van der Waals surface area contributed by atoms with E-state index in [1.807, 2.05) is 6.07 Å². The number of rotatable bonds is 9. The van der Waals surface area contributed by atoms with Crippen molar-refractivity contribution < 1.29 is 23.2 Å². The van der Waals surface area contributed by atoms with Crippen LogP contribution in [-0.4, -0.2) is 61.2 Å². The van der Waals surface area contributed by atoms with E-state index in [1.54, 1.807) is 60.6 Å². The van der Waals surface area contributed by atoms with E-state index < -0.39 is 28.9 Å². The molecule has 0 aliphatic heterocycles. The summed E-state index contributed by atoms with van der Waals surface area (Å²) in [4.78, 5) is 44.9. The summed E-state index contributed by atoms with van der Waals surface area (Å²) >= 11 is 0. The molecule has 0 aliphatic rings. The first-order valence-electron chi connectivity index (χ1n) is 11.8. The highest BCUT2D eigenvalue weighted by Crippen LogP contribution is 2.27. The number of anilines is 2.